The van der Waals surface area contributed by atoms with E-state index in [1.165, 1.54) is 34.4 Å². The molecule has 3 heterocycles. The molecule has 3 aromatic heterocycles. The molecule has 8 nitrogen and oxygen atoms in total. The molecule has 1 amide bonds. The maximum absolute atomic E-state index is 13.5. The zero-order valence-corrected chi connectivity index (χ0v) is 18.4. The summed E-state index contributed by atoms with van der Waals surface area (Å²) in [7, 11) is 0. The van der Waals surface area contributed by atoms with Crippen molar-refractivity contribution in [2.24, 2.45) is 0 Å². The van der Waals surface area contributed by atoms with Crippen molar-refractivity contribution in [1.29, 1.82) is 0 Å². The van der Waals surface area contributed by atoms with Gasteiger partial charge in [-0.15, -0.1) is 0 Å². The molecule has 0 N–H and O–H groups in total. The van der Waals surface area contributed by atoms with Gasteiger partial charge < -0.3 is 4.90 Å². The minimum absolute atomic E-state index is 0.00277. The fourth-order valence-corrected chi connectivity index (χ4v) is 3.56. The average molecular weight is 488 g/mol. The molecule has 12 heteroatoms. The summed E-state index contributed by atoms with van der Waals surface area (Å²) in [5, 5.41) is 3.94. The molecule has 1 aromatic carbocycles. The summed E-state index contributed by atoms with van der Waals surface area (Å²) in [6.45, 7) is 1.68. The van der Waals surface area contributed by atoms with Gasteiger partial charge in [0.2, 0.25) is 0 Å². The van der Waals surface area contributed by atoms with E-state index in [0.717, 1.165) is 12.1 Å². The standard InChI is InChI=1S/C22H17ClF3N7O/c1-14(19-30-13-31-33(19)21-28-7-4-8-29-21)32(12-18-5-2-3-6-27-18)20(34)15-9-16(22(24,25)26)11-17(23)10-15/h2-11,13-14H,12H2,1H3. The zero-order chi connectivity index (χ0) is 24.3. The lowest BCUT2D eigenvalue weighted by atomic mass is 10.1. The summed E-state index contributed by atoms with van der Waals surface area (Å²) in [6, 6.07) is 8.81. The Morgan fingerprint density at radius 3 is 2.47 bits per heavy atom. The Labute approximate surface area is 197 Å². The largest absolute Gasteiger partial charge is 0.416 e. The van der Waals surface area contributed by atoms with Crippen LogP contribution in [0, 0.1) is 0 Å². The third-order valence-corrected chi connectivity index (χ3v) is 5.17. The number of carbonyl (C=O) groups excluding carboxylic acids is 1. The van der Waals surface area contributed by atoms with Gasteiger partial charge in [0.25, 0.3) is 11.9 Å². The Hall–Kier alpha value is -3.86. The molecule has 0 fully saturated rings. The van der Waals surface area contributed by atoms with Gasteiger partial charge in [-0.1, -0.05) is 17.7 Å². The maximum atomic E-state index is 13.5. The minimum atomic E-state index is -4.66. The normalized spacial score (nSPS) is 12.4. The lowest BCUT2D eigenvalue weighted by molar-refractivity contribution is -0.137. The minimum Gasteiger partial charge on any atom is -0.323 e. The summed E-state index contributed by atoms with van der Waals surface area (Å²) >= 11 is 5.92. The predicted octanol–water partition coefficient (Wildman–Crippen LogP) is 4.53. The molecule has 0 spiro atoms. The van der Waals surface area contributed by atoms with Crippen LogP contribution in [0.5, 0.6) is 0 Å². The van der Waals surface area contributed by atoms with Crippen LogP contribution < -0.4 is 0 Å². The SMILES string of the molecule is CC(c1ncnn1-c1ncccn1)N(Cc1ccccn1)C(=O)c1cc(Cl)cc(C(F)(F)F)c1. The number of hydrogen-bond donors (Lipinski definition) is 0. The number of nitrogens with zero attached hydrogens (tertiary/aromatic N) is 7. The Balaban J connectivity index is 1.76. The highest BCUT2D eigenvalue weighted by molar-refractivity contribution is 6.31. The molecule has 34 heavy (non-hydrogen) atoms. The summed E-state index contributed by atoms with van der Waals surface area (Å²) in [5.74, 6) is -0.141. The van der Waals surface area contributed by atoms with Gasteiger partial charge >= 0.3 is 6.18 Å². The van der Waals surface area contributed by atoms with Gasteiger partial charge in [-0.2, -0.15) is 23.0 Å². The molecule has 4 aromatic rings. The Morgan fingerprint density at radius 1 is 1.06 bits per heavy atom. The zero-order valence-electron chi connectivity index (χ0n) is 17.7. The topological polar surface area (TPSA) is 89.7 Å². The van der Waals surface area contributed by atoms with Crippen LogP contribution in [0.15, 0.2) is 67.4 Å². The monoisotopic (exact) mass is 487 g/mol. The smallest absolute Gasteiger partial charge is 0.323 e. The summed E-state index contributed by atoms with van der Waals surface area (Å²) < 4.78 is 41.4. The summed E-state index contributed by atoms with van der Waals surface area (Å²) in [6.07, 6.45) is 1.23. The first-order valence-electron chi connectivity index (χ1n) is 10.00. The van der Waals surface area contributed by atoms with Crippen molar-refractivity contribution in [1.82, 2.24) is 34.6 Å². The van der Waals surface area contributed by atoms with Crippen molar-refractivity contribution in [2.75, 3.05) is 0 Å². The molecule has 174 valence electrons. The van der Waals surface area contributed by atoms with Crippen molar-refractivity contribution in [2.45, 2.75) is 25.7 Å². The van der Waals surface area contributed by atoms with Gasteiger partial charge in [0.15, 0.2) is 5.82 Å². The fourth-order valence-electron chi connectivity index (χ4n) is 3.32. The Morgan fingerprint density at radius 2 is 1.79 bits per heavy atom. The van der Waals surface area contributed by atoms with E-state index in [4.69, 9.17) is 11.6 Å². The van der Waals surface area contributed by atoms with E-state index < -0.39 is 23.7 Å². The number of halogens is 4. The number of aromatic nitrogens is 6. The van der Waals surface area contributed by atoms with Crippen molar-refractivity contribution < 1.29 is 18.0 Å². The number of hydrogen-bond acceptors (Lipinski definition) is 6. The molecule has 0 radical (unpaired) electrons. The molecule has 0 saturated heterocycles. The number of pyridine rings is 1. The van der Waals surface area contributed by atoms with Gasteiger partial charge in [0.05, 0.1) is 23.8 Å². The van der Waals surface area contributed by atoms with Crippen LogP contribution >= 0.6 is 11.6 Å². The van der Waals surface area contributed by atoms with Crippen molar-refractivity contribution in [3.63, 3.8) is 0 Å². The first kappa shape index (κ1) is 23.3. The first-order valence-corrected chi connectivity index (χ1v) is 10.4. The second kappa shape index (κ2) is 9.56. The molecular weight excluding hydrogens is 471 g/mol. The lowest BCUT2D eigenvalue weighted by Gasteiger charge is -2.29. The van der Waals surface area contributed by atoms with Crippen molar-refractivity contribution in [3.8, 4) is 5.95 Å². The van der Waals surface area contributed by atoms with E-state index in [2.05, 4.69) is 25.0 Å². The van der Waals surface area contributed by atoms with Gasteiger partial charge in [-0.25, -0.2) is 15.0 Å². The highest BCUT2D eigenvalue weighted by atomic mass is 35.5. The van der Waals surface area contributed by atoms with E-state index in [1.807, 2.05) is 0 Å². The van der Waals surface area contributed by atoms with Gasteiger partial charge in [0, 0.05) is 29.2 Å². The van der Waals surface area contributed by atoms with Crippen molar-refractivity contribution >= 4 is 17.5 Å². The van der Waals surface area contributed by atoms with Gasteiger partial charge in [-0.3, -0.25) is 9.78 Å². The molecule has 4 rings (SSSR count). The number of rotatable bonds is 6. The van der Waals surface area contributed by atoms with Crippen LogP contribution in [0.1, 0.15) is 40.4 Å². The maximum Gasteiger partial charge on any atom is 0.416 e. The van der Waals surface area contributed by atoms with E-state index in [1.54, 1.807) is 37.4 Å². The van der Waals surface area contributed by atoms with E-state index >= 15 is 0 Å². The predicted molar refractivity (Wildman–Crippen MR) is 116 cm³/mol. The molecule has 0 aliphatic carbocycles. The number of amides is 1. The van der Waals surface area contributed by atoms with Gasteiger partial charge in [-0.05, 0) is 43.3 Å². The highest BCUT2D eigenvalue weighted by Gasteiger charge is 2.33. The molecule has 0 saturated carbocycles. The van der Waals surface area contributed by atoms with E-state index in [9.17, 15) is 18.0 Å². The first-order chi connectivity index (χ1) is 16.2. The third kappa shape index (κ3) is 5.04. The van der Waals surface area contributed by atoms with Crippen molar-refractivity contribution in [3.05, 3.63) is 95.1 Å². The van der Waals surface area contributed by atoms with Gasteiger partial charge in [0.1, 0.15) is 6.33 Å². The second-order valence-electron chi connectivity index (χ2n) is 7.24. The quantitative estimate of drug-likeness (QED) is 0.397. The fraction of sp³-hybridized carbons (Fsp3) is 0.182. The number of alkyl halides is 3. The lowest BCUT2D eigenvalue weighted by Crippen LogP contribution is -2.35. The van der Waals surface area contributed by atoms with Crippen LogP contribution in [0.2, 0.25) is 5.02 Å². The summed E-state index contributed by atoms with van der Waals surface area (Å²) in [4.78, 5) is 31.7. The average Bonchev–Trinajstić information content (AvgIpc) is 3.32. The molecule has 0 aliphatic heterocycles. The highest BCUT2D eigenvalue weighted by Crippen LogP contribution is 2.33. The summed E-state index contributed by atoms with van der Waals surface area (Å²) in [5.41, 5.74) is -0.706. The molecule has 0 aliphatic rings. The van der Waals surface area contributed by atoms with E-state index in [0.29, 0.717) is 11.5 Å². The molecule has 1 atom stereocenters. The van der Waals surface area contributed by atoms with Crippen LogP contribution in [-0.2, 0) is 12.7 Å². The number of carbonyl (C=O) groups is 1. The second-order valence-corrected chi connectivity index (χ2v) is 7.67. The van der Waals surface area contributed by atoms with Crippen LogP contribution in [0.4, 0.5) is 13.2 Å². The molecular formula is C22H17ClF3N7O. The molecule has 0 bridgehead atoms. The van der Waals surface area contributed by atoms with Crippen LogP contribution in [0.25, 0.3) is 5.95 Å². The third-order valence-electron chi connectivity index (χ3n) is 4.95. The van der Waals surface area contributed by atoms with Crippen LogP contribution in [-0.4, -0.2) is 40.5 Å². The Bertz CT molecular complexity index is 1280. The van der Waals surface area contributed by atoms with E-state index in [-0.39, 0.29) is 23.1 Å². The number of benzene rings is 1. The Kier molecular flexibility index (Phi) is 6.55. The van der Waals surface area contributed by atoms with Crippen LogP contribution in [0.3, 0.4) is 0 Å². The molecule has 1 unspecified atom stereocenters.